The third kappa shape index (κ3) is 6.14. The van der Waals surface area contributed by atoms with Crippen molar-refractivity contribution in [2.45, 2.75) is 19.3 Å². The first-order valence-corrected chi connectivity index (χ1v) is 9.83. The Hall–Kier alpha value is -1.32. The zero-order valence-corrected chi connectivity index (χ0v) is 17.0. The maximum atomic E-state index is 13.6. The van der Waals surface area contributed by atoms with Crippen molar-refractivity contribution in [3.05, 3.63) is 57.9 Å². The summed E-state index contributed by atoms with van der Waals surface area (Å²) in [4.78, 5) is 2.42. The van der Waals surface area contributed by atoms with Crippen LogP contribution in [0.1, 0.15) is 12.0 Å². The maximum absolute atomic E-state index is 13.6. The Morgan fingerprint density at radius 1 is 1.23 bits per heavy atom. The van der Waals surface area contributed by atoms with Crippen molar-refractivity contribution in [2.24, 2.45) is 0 Å². The van der Waals surface area contributed by atoms with Crippen LogP contribution in [0.25, 0.3) is 0 Å². The molecule has 0 bridgehead atoms. The molecule has 5 nitrogen and oxygen atoms in total. The molecule has 0 radical (unpaired) electrons. The van der Waals surface area contributed by atoms with Crippen molar-refractivity contribution in [1.29, 1.82) is 0 Å². The van der Waals surface area contributed by atoms with Gasteiger partial charge in [-0.25, -0.2) is 4.39 Å². The monoisotopic (exact) mass is 445 g/mol. The number of benzene rings is 1. The average molecular weight is 446 g/mol. The minimum absolute atomic E-state index is 0.299. The third-order valence-corrected chi connectivity index (χ3v) is 5.51. The molecule has 1 aromatic carbocycles. The molecule has 142 valence electrons. The number of nitrogens with zero attached hydrogens (tertiary/aromatic N) is 1. The summed E-state index contributed by atoms with van der Waals surface area (Å²) in [6.07, 6.45) is 5.23. The molecule has 0 fully saturated rings. The first-order chi connectivity index (χ1) is 12.4. The van der Waals surface area contributed by atoms with Gasteiger partial charge >= 0.3 is 0 Å². The molecule has 0 N–H and O–H groups in total. The summed E-state index contributed by atoms with van der Waals surface area (Å²) in [5, 5.41) is 0. The van der Waals surface area contributed by atoms with E-state index in [0.717, 1.165) is 15.6 Å². The fourth-order valence-corrected chi connectivity index (χ4v) is 3.38. The van der Waals surface area contributed by atoms with Crippen LogP contribution in [-0.2, 0) is 26.3 Å². The molecule has 2 rings (SSSR count). The average Bonchev–Trinajstić information content (AvgIpc) is 2.63. The molecule has 0 amide bonds. The Bertz CT molecular complexity index is 824. The van der Waals surface area contributed by atoms with Crippen molar-refractivity contribution in [1.82, 2.24) is 4.90 Å². The van der Waals surface area contributed by atoms with E-state index in [4.69, 9.17) is 9.47 Å². The van der Waals surface area contributed by atoms with Crippen molar-refractivity contribution in [3.8, 4) is 0 Å². The molecular weight excluding hydrogens is 425 g/mol. The summed E-state index contributed by atoms with van der Waals surface area (Å²) in [5.41, 5.74) is 1.79. The lowest BCUT2D eigenvalue weighted by Gasteiger charge is -2.27. The molecule has 0 unspecified atom stereocenters. The van der Waals surface area contributed by atoms with Crippen molar-refractivity contribution in [3.63, 3.8) is 0 Å². The van der Waals surface area contributed by atoms with Gasteiger partial charge in [-0.05, 0) is 35.4 Å². The predicted octanol–water partition coefficient (Wildman–Crippen LogP) is 2.95. The number of ether oxygens (including phenoxy) is 2. The zero-order valence-electron chi connectivity index (χ0n) is 14.6. The number of hydrogen-bond donors (Lipinski definition) is 0. The molecular formula is C18H21BrFNO4S. The van der Waals surface area contributed by atoms with Gasteiger partial charge < -0.3 is 9.47 Å². The van der Waals surface area contributed by atoms with Gasteiger partial charge in [0.25, 0.3) is 0 Å². The largest absolute Gasteiger partial charge is 0.355 e. The van der Waals surface area contributed by atoms with Gasteiger partial charge in [-0.2, -0.15) is 8.42 Å². The topological polar surface area (TPSA) is 55.8 Å². The van der Waals surface area contributed by atoms with Crippen LogP contribution in [0, 0.1) is 5.82 Å². The van der Waals surface area contributed by atoms with E-state index in [1.165, 1.54) is 12.1 Å². The Kier molecular flexibility index (Phi) is 8.17. The normalized spacial score (nSPS) is 14.2. The van der Waals surface area contributed by atoms with Gasteiger partial charge in [0.05, 0.1) is 11.4 Å². The van der Waals surface area contributed by atoms with E-state index in [0.29, 0.717) is 30.9 Å². The minimum Gasteiger partial charge on any atom is -0.355 e. The number of methoxy groups -OCH3 is 2. The molecule has 0 spiro atoms. The van der Waals surface area contributed by atoms with E-state index < -0.39 is 16.6 Å². The summed E-state index contributed by atoms with van der Waals surface area (Å²) >= 11 is 3.45. The van der Waals surface area contributed by atoms with Crippen LogP contribution in [0.4, 0.5) is 4.39 Å². The predicted molar refractivity (Wildman–Crippen MR) is 103 cm³/mol. The Labute approximate surface area is 162 Å². The second kappa shape index (κ2) is 10.1. The summed E-state index contributed by atoms with van der Waals surface area (Å²) in [7, 11) is 0.934. The number of allylic oxidation sites excluding steroid dienone is 2. The van der Waals surface area contributed by atoms with E-state index in [1.807, 2.05) is 6.08 Å². The fraction of sp³-hybridized carbons (Fsp3) is 0.389. The Morgan fingerprint density at radius 2 is 1.96 bits per heavy atom. The van der Waals surface area contributed by atoms with Gasteiger partial charge in [0, 0.05) is 38.2 Å². The highest BCUT2D eigenvalue weighted by Gasteiger charge is 2.17. The lowest BCUT2D eigenvalue weighted by atomic mass is 10.1. The summed E-state index contributed by atoms with van der Waals surface area (Å²) in [6.45, 7) is 1.52. The fourth-order valence-electron chi connectivity index (χ4n) is 2.61. The van der Waals surface area contributed by atoms with Gasteiger partial charge in [0.1, 0.15) is 5.82 Å². The van der Waals surface area contributed by atoms with Gasteiger partial charge in [-0.15, -0.1) is 0 Å². The van der Waals surface area contributed by atoms with E-state index in [-0.39, 0.29) is 5.82 Å². The first kappa shape index (κ1) is 21.0. The molecule has 0 aliphatic heterocycles. The third-order valence-electron chi connectivity index (χ3n) is 4.00. The van der Waals surface area contributed by atoms with Crippen molar-refractivity contribution in [2.75, 3.05) is 27.3 Å². The summed E-state index contributed by atoms with van der Waals surface area (Å²) in [6, 6.07) is 4.57. The smallest absolute Gasteiger partial charge is 0.217 e. The van der Waals surface area contributed by atoms with Gasteiger partial charge in [-0.3, -0.25) is 4.90 Å². The van der Waals surface area contributed by atoms with E-state index in [9.17, 15) is 12.8 Å². The quantitative estimate of drug-likeness (QED) is 0.454. The van der Waals surface area contributed by atoms with Gasteiger partial charge in [-0.1, -0.05) is 28.1 Å². The maximum Gasteiger partial charge on any atom is 0.217 e. The Morgan fingerprint density at radius 3 is 2.54 bits per heavy atom. The molecule has 8 heteroatoms. The highest BCUT2D eigenvalue weighted by atomic mass is 79.9. The number of hydrogen-bond acceptors (Lipinski definition) is 5. The number of rotatable bonds is 8. The summed E-state index contributed by atoms with van der Waals surface area (Å²) in [5.74, 6) is -0.299. The van der Waals surface area contributed by atoms with Gasteiger partial charge in [0.2, 0.25) is 10.3 Å². The molecule has 0 heterocycles. The molecule has 0 saturated heterocycles. The van der Waals surface area contributed by atoms with Crippen LogP contribution in [0.5, 0.6) is 0 Å². The van der Waals surface area contributed by atoms with E-state index >= 15 is 0 Å². The molecule has 26 heavy (non-hydrogen) atoms. The minimum atomic E-state index is -2.20. The Balaban J connectivity index is 2.17. The SMILES string of the molecule is COC(CN(CC1=CCC(=S(=O)=O)C=C1)Cc1cc(F)ccc1Br)OC. The van der Waals surface area contributed by atoms with E-state index in [2.05, 4.69) is 20.8 Å². The summed E-state index contributed by atoms with van der Waals surface area (Å²) < 4.78 is 47.0. The standard InChI is InChI=1S/C18H21BrFNO4S/c1-24-18(25-2)12-21(11-14-9-15(20)5-8-17(14)19)10-13-3-6-16(7-4-13)26(22)23/h3-6,8-9,18H,7,10-12H2,1-2H3. The highest BCUT2D eigenvalue weighted by Crippen LogP contribution is 2.21. The van der Waals surface area contributed by atoms with Crippen LogP contribution >= 0.6 is 15.9 Å². The molecule has 1 aromatic rings. The van der Waals surface area contributed by atoms with Crippen LogP contribution in [0.3, 0.4) is 0 Å². The molecule has 1 aliphatic carbocycles. The van der Waals surface area contributed by atoms with Gasteiger partial charge in [0.15, 0.2) is 6.29 Å². The van der Waals surface area contributed by atoms with Crippen LogP contribution in [-0.4, -0.2) is 51.8 Å². The molecule has 0 aromatic heterocycles. The van der Waals surface area contributed by atoms with Crippen LogP contribution in [0.15, 0.2) is 46.5 Å². The zero-order chi connectivity index (χ0) is 19.1. The lowest BCUT2D eigenvalue weighted by Crippen LogP contribution is -2.35. The number of halogens is 2. The van der Waals surface area contributed by atoms with Crippen molar-refractivity contribution >= 4 is 31.1 Å². The lowest BCUT2D eigenvalue weighted by molar-refractivity contribution is -0.116. The second-order valence-electron chi connectivity index (χ2n) is 5.82. The molecule has 0 atom stereocenters. The van der Waals surface area contributed by atoms with Crippen LogP contribution < -0.4 is 0 Å². The molecule has 1 aliphatic rings. The first-order valence-electron chi connectivity index (χ1n) is 7.97. The van der Waals surface area contributed by atoms with Crippen molar-refractivity contribution < 1.29 is 22.3 Å². The van der Waals surface area contributed by atoms with Crippen LogP contribution in [0.2, 0.25) is 0 Å². The highest BCUT2D eigenvalue weighted by molar-refractivity contribution is 9.10. The van der Waals surface area contributed by atoms with E-state index in [1.54, 1.807) is 32.4 Å². The molecule has 0 saturated carbocycles. The second-order valence-corrected chi connectivity index (χ2v) is 7.67.